The Labute approximate surface area is 190 Å². The van der Waals surface area contributed by atoms with Gasteiger partial charge in [0.2, 0.25) is 0 Å². The van der Waals surface area contributed by atoms with Crippen LogP contribution in [-0.4, -0.2) is 5.91 Å². The highest BCUT2D eigenvalue weighted by Crippen LogP contribution is 2.34. The fourth-order valence-corrected chi connectivity index (χ4v) is 4.91. The molecule has 5 rings (SSSR count). The van der Waals surface area contributed by atoms with Crippen LogP contribution >= 0.6 is 31.9 Å². The fraction of sp³-hybridized carbons (Fsp3) is 0. The molecule has 1 aromatic heterocycles. The van der Waals surface area contributed by atoms with Crippen LogP contribution in [-0.2, 0) is 0 Å². The van der Waals surface area contributed by atoms with Crippen molar-refractivity contribution in [3.05, 3.63) is 106 Å². The Morgan fingerprint density at radius 1 is 0.700 bits per heavy atom. The van der Waals surface area contributed by atoms with Crippen LogP contribution in [0.15, 0.2) is 104 Å². The standard InChI is InChI=1S/C25H15Br2NO2/c26-19-12-18-14-23(30-24(18)22(27)15-19)25(29)28(20-8-2-1-3-9-20)21-11-10-16-6-4-5-7-17(16)13-21/h1-15H. The van der Waals surface area contributed by atoms with Crippen LogP contribution in [0.4, 0.5) is 11.4 Å². The summed E-state index contributed by atoms with van der Waals surface area (Å²) >= 11 is 7.00. The number of benzene rings is 4. The first kappa shape index (κ1) is 19.1. The molecule has 0 atom stereocenters. The third-order valence-electron chi connectivity index (χ3n) is 4.96. The van der Waals surface area contributed by atoms with Crippen molar-refractivity contribution in [1.29, 1.82) is 0 Å². The van der Waals surface area contributed by atoms with Crippen LogP contribution in [0.3, 0.4) is 0 Å². The van der Waals surface area contributed by atoms with Gasteiger partial charge in [-0.15, -0.1) is 0 Å². The molecule has 0 fully saturated rings. The van der Waals surface area contributed by atoms with Crippen molar-refractivity contribution in [3.8, 4) is 0 Å². The smallest absolute Gasteiger partial charge is 0.298 e. The van der Waals surface area contributed by atoms with Crippen LogP contribution in [0.1, 0.15) is 10.6 Å². The lowest BCUT2D eigenvalue weighted by Crippen LogP contribution is -2.25. The van der Waals surface area contributed by atoms with E-state index < -0.39 is 0 Å². The molecule has 0 aliphatic heterocycles. The minimum Gasteiger partial charge on any atom is -0.450 e. The first-order valence-electron chi connectivity index (χ1n) is 9.37. The van der Waals surface area contributed by atoms with E-state index in [1.807, 2.05) is 78.9 Å². The van der Waals surface area contributed by atoms with Crippen molar-refractivity contribution < 1.29 is 9.21 Å². The number of fused-ring (bicyclic) bond motifs is 2. The van der Waals surface area contributed by atoms with Gasteiger partial charge in [-0.2, -0.15) is 0 Å². The average molecular weight is 521 g/mol. The van der Waals surface area contributed by atoms with Crippen LogP contribution < -0.4 is 4.90 Å². The van der Waals surface area contributed by atoms with Gasteiger partial charge >= 0.3 is 0 Å². The van der Waals surface area contributed by atoms with E-state index in [4.69, 9.17) is 4.42 Å². The number of hydrogen-bond acceptors (Lipinski definition) is 2. The normalized spacial score (nSPS) is 11.1. The summed E-state index contributed by atoms with van der Waals surface area (Å²) in [5.74, 6) is 0.0523. The zero-order valence-corrected chi connectivity index (χ0v) is 18.9. The molecule has 1 amide bonds. The third-order valence-corrected chi connectivity index (χ3v) is 6.00. The molecule has 146 valence electrons. The number of para-hydroxylation sites is 1. The lowest BCUT2D eigenvalue weighted by Gasteiger charge is -2.22. The molecule has 0 saturated carbocycles. The molecule has 0 unspecified atom stereocenters. The van der Waals surface area contributed by atoms with Gasteiger partial charge in [-0.05, 0) is 69.2 Å². The summed E-state index contributed by atoms with van der Waals surface area (Å²) in [6.45, 7) is 0. The molecule has 0 aliphatic rings. The van der Waals surface area contributed by atoms with Crippen molar-refractivity contribution in [2.75, 3.05) is 4.90 Å². The summed E-state index contributed by atoms with van der Waals surface area (Å²) in [6, 6.07) is 29.3. The first-order valence-corrected chi connectivity index (χ1v) is 11.0. The number of anilines is 2. The Morgan fingerprint density at radius 2 is 1.43 bits per heavy atom. The highest BCUT2D eigenvalue weighted by Gasteiger charge is 2.24. The van der Waals surface area contributed by atoms with E-state index in [0.717, 1.165) is 36.5 Å². The van der Waals surface area contributed by atoms with Gasteiger partial charge in [0.05, 0.1) is 4.47 Å². The average Bonchev–Trinajstić information content (AvgIpc) is 3.19. The minimum absolute atomic E-state index is 0.226. The number of amides is 1. The van der Waals surface area contributed by atoms with Crippen molar-refractivity contribution in [2.24, 2.45) is 0 Å². The molecule has 0 radical (unpaired) electrons. The predicted molar refractivity (Wildman–Crippen MR) is 128 cm³/mol. The van der Waals surface area contributed by atoms with E-state index in [1.165, 1.54) is 0 Å². The van der Waals surface area contributed by atoms with Gasteiger partial charge in [-0.25, -0.2) is 0 Å². The van der Waals surface area contributed by atoms with Crippen LogP contribution in [0.5, 0.6) is 0 Å². The van der Waals surface area contributed by atoms with E-state index >= 15 is 0 Å². The quantitative estimate of drug-likeness (QED) is 0.241. The number of halogens is 2. The molecule has 0 aliphatic carbocycles. The van der Waals surface area contributed by atoms with Crippen molar-refractivity contribution >= 4 is 70.9 Å². The Morgan fingerprint density at radius 3 is 2.23 bits per heavy atom. The summed E-state index contributed by atoms with van der Waals surface area (Å²) in [5.41, 5.74) is 2.21. The van der Waals surface area contributed by atoms with E-state index in [2.05, 4.69) is 37.9 Å². The molecule has 0 N–H and O–H groups in total. The monoisotopic (exact) mass is 519 g/mol. The van der Waals surface area contributed by atoms with Gasteiger partial charge in [-0.1, -0.05) is 64.5 Å². The number of carbonyl (C=O) groups is 1. The zero-order chi connectivity index (χ0) is 20.7. The summed E-state index contributed by atoms with van der Waals surface area (Å²) in [5, 5.41) is 3.05. The molecule has 0 saturated heterocycles. The SMILES string of the molecule is O=C(c1cc2cc(Br)cc(Br)c2o1)N(c1ccccc1)c1ccc2ccccc2c1. The summed E-state index contributed by atoms with van der Waals surface area (Å²) in [4.78, 5) is 15.3. The number of carbonyl (C=O) groups excluding carboxylic acids is 1. The van der Waals surface area contributed by atoms with Crippen molar-refractivity contribution in [3.63, 3.8) is 0 Å². The third kappa shape index (κ3) is 3.44. The maximum absolute atomic E-state index is 13.7. The first-order chi connectivity index (χ1) is 14.6. The van der Waals surface area contributed by atoms with Crippen LogP contribution in [0.25, 0.3) is 21.7 Å². The fourth-order valence-electron chi connectivity index (χ4n) is 3.57. The van der Waals surface area contributed by atoms with Gasteiger partial charge in [-0.3, -0.25) is 9.69 Å². The highest BCUT2D eigenvalue weighted by atomic mass is 79.9. The van der Waals surface area contributed by atoms with Gasteiger partial charge in [0.1, 0.15) is 5.58 Å². The van der Waals surface area contributed by atoms with Gasteiger partial charge in [0.25, 0.3) is 5.91 Å². The molecule has 5 heteroatoms. The van der Waals surface area contributed by atoms with Gasteiger partial charge < -0.3 is 4.42 Å². The lowest BCUT2D eigenvalue weighted by atomic mass is 10.1. The van der Waals surface area contributed by atoms with Gasteiger partial charge in [0.15, 0.2) is 5.76 Å². The van der Waals surface area contributed by atoms with Crippen molar-refractivity contribution in [2.45, 2.75) is 0 Å². The topological polar surface area (TPSA) is 33.5 Å². The molecule has 3 nitrogen and oxygen atoms in total. The predicted octanol–water partition coefficient (Wildman–Crippen LogP) is 8.09. The lowest BCUT2D eigenvalue weighted by molar-refractivity contribution is 0.0975. The molecule has 0 spiro atoms. The van der Waals surface area contributed by atoms with E-state index in [0.29, 0.717) is 5.58 Å². The number of rotatable bonds is 3. The highest BCUT2D eigenvalue weighted by molar-refractivity contribution is 9.11. The second-order valence-electron chi connectivity index (χ2n) is 6.92. The summed E-state index contributed by atoms with van der Waals surface area (Å²) in [6.07, 6.45) is 0. The summed E-state index contributed by atoms with van der Waals surface area (Å²) in [7, 11) is 0. The molecule has 5 aromatic rings. The maximum atomic E-state index is 13.7. The van der Waals surface area contributed by atoms with E-state index in [-0.39, 0.29) is 11.7 Å². The second kappa shape index (κ2) is 7.74. The Hall–Kier alpha value is -2.89. The van der Waals surface area contributed by atoms with E-state index in [1.54, 1.807) is 11.0 Å². The molecule has 1 heterocycles. The second-order valence-corrected chi connectivity index (χ2v) is 8.69. The van der Waals surface area contributed by atoms with Crippen LogP contribution in [0.2, 0.25) is 0 Å². The van der Waals surface area contributed by atoms with Crippen molar-refractivity contribution in [1.82, 2.24) is 0 Å². The van der Waals surface area contributed by atoms with Gasteiger partial charge in [0, 0.05) is 21.2 Å². The molecular formula is C25H15Br2NO2. The minimum atomic E-state index is -0.226. The number of hydrogen-bond donors (Lipinski definition) is 0. The maximum Gasteiger partial charge on any atom is 0.298 e. The molecule has 30 heavy (non-hydrogen) atoms. The largest absolute Gasteiger partial charge is 0.450 e. The van der Waals surface area contributed by atoms with E-state index in [9.17, 15) is 4.79 Å². The summed E-state index contributed by atoms with van der Waals surface area (Å²) < 4.78 is 7.68. The van der Waals surface area contributed by atoms with Crippen LogP contribution in [0, 0.1) is 0 Å². The Balaban J connectivity index is 1.66. The zero-order valence-electron chi connectivity index (χ0n) is 15.7. The Kier molecular flexibility index (Phi) is 4.93. The molecule has 4 aromatic carbocycles. The number of nitrogens with zero attached hydrogens (tertiary/aromatic N) is 1. The number of furan rings is 1. The molecular weight excluding hydrogens is 506 g/mol. The molecule has 0 bridgehead atoms. The Bertz CT molecular complexity index is 1390.